The zero-order valence-electron chi connectivity index (χ0n) is 20.5. The van der Waals surface area contributed by atoms with Crippen LogP contribution in [0.4, 0.5) is 0 Å². The molecular formula is C27H28N6O3S. The van der Waals surface area contributed by atoms with E-state index in [1.807, 2.05) is 49.4 Å². The number of hydrogen-bond donors (Lipinski definition) is 1. The molecule has 4 aromatic heterocycles. The molecule has 6 rings (SSSR count). The van der Waals surface area contributed by atoms with Crippen LogP contribution in [0.5, 0.6) is 0 Å². The van der Waals surface area contributed by atoms with Crippen molar-refractivity contribution in [1.82, 2.24) is 30.1 Å². The van der Waals surface area contributed by atoms with Gasteiger partial charge in [-0.3, -0.25) is 9.69 Å². The molecule has 9 nitrogen and oxygen atoms in total. The van der Waals surface area contributed by atoms with Gasteiger partial charge in [0.2, 0.25) is 0 Å². The Morgan fingerprint density at radius 2 is 2.16 bits per heavy atom. The van der Waals surface area contributed by atoms with Gasteiger partial charge in [-0.2, -0.15) is 0 Å². The van der Waals surface area contributed by atoms with Crippen molar-refractivity contribution in [3.05, 3.63) is 98.1 Å². The summed E-state index contributed by atoms with van der Waals surface area (Å²) in [5.41, 5.74) is 2.32. The predicted molar refractivity (Wildman–Crippen MR) is 140 cm³/mol. The first-order chi connectivity index (χ1) is 18.1. The van der Waals surface area contributed by atoms with Crippen molar-refractivity contribution in [2.75, 3.05) is 6.61 Å². The Labute approximate surface area is 217 Å². The fraction of sp³-hybridized carbons (Fsp3) is 0.333. The highest BCUT2D eigenvalue weighted by molar-refractivity contribution is 7.09. The van der Waals surface area contributed by atoms with Gasteiger partial charge in [0.1, 0.15) is 11.8 Å². The lowest BCUT2D eigenvalue weighted by Crippen LogP contribution is -2.35. The third-order valence-electron chi connectivity index (χ3n) is 6.77. The zero-order valence-corrected chi connectivity index (χ0v) is 21.4. The molecule has 10 heteroatoms. The van der Waals surface area contributed by atoms with Crippen molar-refractivity contribution in [2.45, 2.75) is 51.5 Å². The van der Waals surface area contributed by atoms with Crippen molar-refractivity contribution >= 4 is 22.2 Å². The molecule has 1 aliphatic heterocycles. The number of furan rings is 1. The first-order valence-corrected chi connectivity index (χ1v) is 13.3. The Balaban J connectivity index is 1.49. The van der Waals surface area contributed by atoms with Crippen LogP contribution in [0, 0.1) is 6.92 Å². The van der Waals surface area contributed by atoms with Gasteiger partial charge in [-0.1, -0.05) is 18.2 Å². The molecule has 0 radical (unpaired) electrons. The van der Waals surface area contributed by atoms with Gasteiger partial charge >= 0.3 is 0 Å². The molecule has 190 valence electrons. The average Bonchev–Trinajstić information content (AvgIpc) is 3.70. The van der Waals surface area contributed by atoms with Gasteiger partial charge in [-0.15, -0.1) is 16.4 Å². The Kier molecular flexibility index (Phi) is 6.69. The second-order valence-corrected chi connectivity index (χ2v) is 10.5. The van der Waals surface area contributed by atoms with Crippen LogP contribution < -0.4 is 5.56 Å². The molecule has 1 saturated heterocycles. The fourth-order valence-electron chi connectivity index (χ4n) is 5.00. The second-order valence-electron chi connectivity index (χ2n) is 9.46. The van der Waals surface area contributed by atoms with Crippen molar-refractivity contribution < 1.29 is 9.15 Å². The molecule has 2 atom stereocenters. The number of aromatic nitrogens is 5. The van der Waals surface area contributed by atoms with E-state index in [2.05, 4.69) is 36.9 Å². The SMILES string of the molecule is Cc1ccc2cc([C@H](c3nnnn3C[C@@H]3CCCO3)N(Cc3ccco3)Cc3cccs3)c(=O)[nH]c2c1. The van der Waals surface area contributed by atoms with E-state index in [9.17, 15) is 4.79 Å². The van der Waals surface area contributed by atoms with Crippen LogP contribution in [0.2, 0.25) is 0 Å². The van der Waals surface area contributed by atoms with Gasteiger partial charge in [-0.05, 0) is 76.9 Å². The molecular weight excluding hydrogens is 488 g/mol. The van der Waals surface area contributed by atoms with E-state index in [0.717, 1.165) is 41.7 Å². The minimum atomic E-state index is -0.516. The lowest BCUT2D eigenvalue weighted by atomic mass is 10.0. The Hall–Kier alpha value is -3.60. The number of rotatable bonds is 9. The molecule has 5 aromatic rings. The number of thiophene rings is 1. The van der Waals surface area contributed by atoms with E-state index >= 15 is 0 Å². The molecule has 1 aliphatic rings. The monoisotopic (exact) mass is 516 g/mol. The van der Waals surface area contributed by atoms with E-state index in [4.69, 9.17) is 9.15 Å². The van der Waals surface area contributed by atoms with Crippen molar-refractivity contribution in [3.8, 4) is 0 Å². The molecule has 0 amide bonds. The lowest BCUT2D eigenvalue weighted by molar-refractivity contribution is 0.0901. The van der Waals surface area contributed by atoms with Crippen molar-refractivity contribution in [1.29, 1.82) is 0 Å². The molecule has 0 spiro atoms. The van der Waals surface area contributed by atoms with E-state index < -0.39 is 6.04 Å². The quantitative estimate of drug-likeness (QED) is 0.309. The molecule has 1 N–H and O–H groups in total. The Bertz CT molecular complexity index is 1480. The summed E-state index contributed by atoms with van der Waals surface area (Å²) in [4.78, 5) is 20.1. The van der Waals surface area contributed by atoms with Crippen LogP contribution in [0.15, 0.2) is 69.4 Å². The summed E-state index contributed by atoms with van der Waals surface area (Å²) in [6, 6.07) is 15.5. The number of benzene rings is 1. The maximum absolute atomic E-state index is 13.6. The molecule has 0 unspecified atom stereocenters. The number of hydrogen-bond acceptors (Lipinski definition) is 8. The van der Waals surface area contributed by atoms with Gasteiger partial charge in [0.25, 0.3) is 5.56 Å². The summed E-state index contributed by atoms with van der Waals surface area (Å²) in [5, 5.41) is 15.8. The molecule has 5 heterocycles. The fourth-order valence-corrected chi connectivity index (χ4v) is 5.73. The summed E-state index contributed by atoms with van der Waals surface area (Å²) < 4.78 is 13.4. The third-order valence-corrected chi connectivity index (χ3v) is 7.63. The van der Waals surface area contributed by atoms with Gasteiger partial charge in [0, 0.05) is 29.1 Å². The number of pyridine rings is 1. The molecule has 1 aromatic carbocycles. The van der Waals surface area contributed by atoms with E-state index in [1.165, 1.54) is 4.88 Å². The summed E-state index contributed by atoms with van der Waals surface area (Å²) in [6.45, 7) is 4.38. The van der Waals surface area contributed by atoms with Crippen LogP contribution in [0.3, 0.4) is 0 Å². The molecule has 0 aliphatic carbocycles. The highest BCUT2D eigenvalue weighted by atomic mass is 32.1. The number of aryl methyl sites for hydroxylation is 1. The largest absolute Gasteiger partial charge is 0.468 e. The van der Waals surface area contributed by atoms with Crippen LogP contribution in [0.25, 0.3) is 10.9 Å². The maximum Gasteiger partial charge on any atom is 0.253 e. The predicted octanol–water partition coefficient (Wildman–Crippen LogP) is 4.45. The topological polar surface area (TPSA) is 102 Å². The smallest absolute Gasteiger partial charge is 0.253 e. The van der Waals surface area contributed by atoms with Crippen LogP contribution >= 0.6 is 11.3 Å². The summed E-state index contributed by atoms with van der Waals surface area (Å²) in [5.74, 6) is 1.41. The normalized spacial score (nSPS) is 16.6. The van der Waals surface area contributed by atoms with Crippen LogP contribution in [-0.4, -0.2) is 42.8 Å². The highest BCUT2D eigenvalue weighted by Crippen LogP contribution is 2.31. The Morgan fingerprint density at radius 1 is 1.22 bits per heavy atom. The summed E-state index contributed by atoms with van der Waals surface area (Å²) in [7, 11) is 0. The van der Waals surface area contributed by atoms with Gasteiger partial charge < -0.3 is 14.1 Å². The number of nitrogens with one attached hydrogen (secondary N) is 1. The number of fused-ring (bicyclic) bond motifs is 1. The van der Waals surface area contributed by atoms with Crippen molar-refractivity contribution in [3.63, 3.8) is 0 Å². The molecule has 1 fully saturated rings. The van der Waals surface area contributed by atoms with E-state index in [1.54, 1.807) is 22.3 Å². The molecule has 0 saturated carbocycles. The minimum absolute atomic E-state index is 0.0524. The van der Waals surface area contributed by atoms with Crippen LogP contribution in [-0.2, 0) is 24.4 Å². The average molecular weight is 517 g/mol. The van der Waals surface area contributed by atoms with Crippen molar-refractivity contribution in [2.24, 2.45) is 0 Å². The first-order valence-electron chi connectivity index (χ1n) is 12.4. The van der Waals surface area contributed by atoms with Gasteiger partial charge in [-0.25, -0.2) is 4.68 Å². The Morgan fingerprint density at radius 3 is 2.95 bits per heavy atom. The number of tetrazole rings is 1. The first kappa shape index (κ1) is 23.8. The number of ether oxygens (including phenoxy) is 1. The summed E-state index contributed by atoms with van der Waals surface area (Å²) >= 11 is 1.68. The van der Waals surface area contributed by atoms with Gasteiger partial charge in [0.05, 0.1) is 25.5 Å². The van der Waals surface area contributed by atoms with E-state index in [0.29, 0.717) is 31.0 Å². The second kappa shape index (κ2) is 10.4. The zero-order chi connectivity index (χ0) is 25.2. The highest BCUT2D eigenvalue weighted by Gasteiger charge is 2.32. The number of aromatic amines is 1. The maximum atomic E-state index is 13.6. The standard InChI is InChI=1S/C27H28N6O3S/c1-18-8-9-19-14-23(27(34)28-24(19)13-18)25(26-29-30-31-33(26)16-21-6-3-11-36-21)32(15-20-5-2-10-35-20)17-22-7-4-12-37-22/h2,4-5,7-10,12-14,21,25H,3,6,11,15-17H2,1H3,(H,28,34)/t21-,25+/m0/s1. The van der Waals surface area contributed by atoms with Gasteiger partial charge in [0.15, 0.2) is 5.82 Å². The van der Waals surface area contributed by atoms with Crippen LogP contribution in [0.1, 0.15) is 46.5 Å². The van der Waals surface area contributed by atoms with E-state index in [-0.39, 0.29) is 11.7 Å². The molecule has 37 heavy (non-hydrogen) atoms. The number of H-pyrrole nitrogens is 1. The third kappa shape index (κ3) is 5.13. The molecule has 0 bridgehead atoms. The summed E-state index contributed by atoms with van der Waals surface area (Å²) in [6.07, 6.45) is 3.71. The lowest BCUT2D eigenvalue weighted by Gasteiger charge is -2.30. The number of nitrogens with zero attached hydrogens (tertiary/aromatic N) is 5. The minimum Gasteiger partial charge on any atom is -0.468 e.